The van der Waals surface area contributed by atoms with Crippen LogP contribution in [0.25, 0.3) is 0 Å². The monoisotopic (exact) mass is 346 g/mol. The Morgan fingerprint density at radius 1 is 1.17 bits per heavy atom. The summed E-state index contributed by atoms with van der Waals surface area (Å²) in [5, 5.41) is 5.07. The minimum absolute atomic E-state index is 0.0639. The zero-order valence-electron chi connectivity index (χ0n) is 14.1. The molecule has 2 bridgehead atoms. The van der Waals surface area contributed by atoms with Crippen molar-refractivity contribution < 1.29 is 9.59 Å². The number of piperidine rings is 1. The Bertz CT molecular complexity index is 593. The Morgan fingerprint density at radius 3 is 2.62 bits per heavy atom. The summed E-state index contributed by atoms with van der Waals surface area (Å²) in [5.74, 6) is 2.33. The van der Waals surface area contributed by atoms with Gasteiger partial charge in [-0.05, 0) is 55.4 Å². The standard InChI is InChI=1S/C19H26N2O2S/c22-18(20-12-16-2-1-9-24-16)14-5-7-21(8-6-14)19(23)17-11-13-3-4-15(17)10-13/h1-2,9,13-15,17H,3-8,10-12H2,(H,20,22)/t13-,15-,17+/m0/s1. The Balaban J connectivity index is 1.24. The quantitative estimate of drug-likeness (QED) is 0.911. The van der Waals surface area contributed by atoms with Crippen molar-refractivity contribution >= 4 is 23.2 Å². The third-order valence-electron chi connectivity index (χ3n) is 6.25. The zero-order chi connectivity index (χ0) is 16.5. The van der Waals surface area contributed by atoms with Crippen molar-refractivity contribution in [2.75, 3.05) is 13.1 Å². The van der Waals surface area contributed by atoms with Gasteiger partial charge in [-0.15, -0.1) is 11.3 Å². The van der Waals surface area contributed by atoms with Crippen LogP contribution in [0.1, 0.15) is 43.4 Å². The molecule has 1 aliphatic heterocycles. The molecule has 1 N–H and O–H groups in total. The number of carbonyl (C=O) groups is 2. The predicted molar refractivity (Wildman–Crippen MR) is 94.4 cm³/mol. The van der Waals surface area contributed by atoms with Gasteiger partial charge in [0.25, 0.3) is 0 Å². The van der Waals surface area contributed by atoms with E-state index in [9.17, 15) is 9.59 Å². The minimum Gasteiger partial charge on any atom is -0.351 e. The van der Waals surface area contributed by atoms with Gasteiger partial charge in [-0.25, -0.2) is 0 Å². The van der Waals surface area contributed by atoms with E-state index in [0.717, 1.165) is 38.3 Å². The van der Waals surface area contributed by atoms with Crippen LogP contribution in [0, 0.1) is 23.7 Å². The Labute approximate surface area is 147 Å². The summed E-state index contributed by atoms with van der Waals surface area (Å²) in [6.45, 7) is 2.13. The summed E-state index contributed by atoms with van der Waals surface area (Å²) >= 11 is 1.67. The molecule has 0 spiro atoms. The van der Waals surface area contributed by atoms with E-state index >= 15 is 0 Å². The molecule has 2 amide bonds. The number of hydrogen-bond donors (Lipinski definition) is 1. The molecule has 5 heteroatoms. The average molecular weight is 346 g/mol. The molecule has 4 nitrogen and oxygen atoms in total. The van der Waals surface area contributed by atoms with Crippen LogP contribution < -0.4 is 5.32 Å². The molecule has 3 atom stereocenters. The number of amides is 2. The molecule has 0 aromatic carbocycles. The SMILES string of the molecule is O=C(NCc1cccs1)C1CCN(C(=O)[C@@H]2C[C@H]3CC[C@H]2C3)CC1. The first kappa shape index (κ1) is 16.1. The maximum Gasteiger partial charge on any atom is 0.225 e. The second-order valence-corrected chi connectivity index (χ2v) is 8.71. The fourth-order valence-corrected chi connectivity index (χ4v) is 5.52. The summed E-state index contributed by atoms with van der Waals surface area (Å²) in [7, 11) is 0. The summed E-state index contributed by atoms with van der Waals surface area (Å²) in [6, 6.07) is 4.05. The number of thiophene rings is 1. The van der Waals surface area contributed by atoms with Crippen LogP contribution >= 0.6 is 11.3 Å². The number of rotatable bonds is 4. The van der Waals surface area contributed by atoms with Crippen LogP contribution in [0.3, 0.4) is 0 Å². The Kier molecular flexibility index (Phi) is 4.61. The van der Waals surface area contributed by atoms with Gasteiger partial charge in [0.2, 0.25) is 11.8 Å². The smallest absolute Gasteiger partial charge is 0.225 e. The number of carbonyl (C=O) groups excluding carboxylic acids is 2. The zero-order valence-corrected chi connectivity index (χ0v) is 14.9. The molecule has 2 saturated carbocycles. The lowest BCUT2D eigenvalue weighted by molar-refractivity contribution is -0.140. The Hall–Kier alpha value is -1.36. The van der Waals surface area contributed by atoms with Crippen molar-refractivity contribution in [3.8, 4) is 0 Å². The summed E-state index contributed by atoms with van der Waals surface area (Å²) in [5.41, 5.74) is 0. The van der Waals surface area contributed by atoms with Crippen molar-refractivity contribution in [2.24, 2.45) is 23.7 Å². The van der Waals surface area contributed by atoms with E-state index < -0.39 is 0 Å². The second-order valence-electron chi connectivity index (χ2n) is 7.68. The molecule has 3 aliphatic rings. The maximum absolute atomic E-state index is 12.8. The van der Waals surface area contributed by atoms with Gasteiger partial charge in [0.05, 0.1) is 6.54 Å². The normalized spacial score (nSPS) is 29.8. The third kappa shape index (κ3) is 3.23. The first-order chi connectivity index (χ1) is 11.7. The molecule has 2 aliphatic carbocycles. The van der Waals surface area contributed by atoms with E-state index in [1.807, 2.05) is 22.4 Å². The average Bonchev–Trinajstić information content (AvgIpc) is 3.36. The first-order valence-electron chi connectivity index (χ1n) is 9.29. The Morgan fingerprint density at radius 2 is 2.00 bits per heavy atom. The molecule has 1 saturated heterocycles. The van der Waals surface area contributed by atoms with Gasteiger partial charge in [0.1, 0.15) is 0 Å². The summed E-state index contributed by atoms with van der Waals surface area (Å²) in [4.78, 5) is 28.3. The molecule has 4 rings (SSSR count). The highest BCUT2D eigenvalue weighted by Gasteiger charge is 2.44. The van der Waals surface area contributed by atoms with E-state index in [4.69, 9.17) is 0 Å². The van der Waals surface area contributed by atoms with E-state index in [2.05, 4.69) is 5.32 Å². The predicted octanol–water partition coefficient (Wildman–Crippen LogP) is 3.04. The van der Waals surface area contributed by atoms with Crippen molar-refractivity contribution in [1.82, 2.24) is 10.2 Å². The number of nitrogens with one attached hydrogen (secondary N) is 1. The molecule has 0 radical (unpaired) electrons. The van der Waals surface area contributed by atoms with Gasteiger partial charge in [-0.2, -0.15) is 0 Å². The van der Waals surface area contributed by atoms with E-state index in [-0.39, 0.29) is 17.7 Å². The van der Waals surface area contributed by atoms with Crippen LogP contribution in [-0.4, -0.2) is 29.8 Å². The molecule has 24 heavy (non-hydrogen) atoms. The van der Waals surface area contributed by atoms with Crippen molar-refractivity contribution in [1.29, 1.82) is 0 Å². The minimum atomic E-state index is 0.0639. The number of hydrogen-bond acceptors (Lipinski definition) is 3. The highest BCUT2D eigenvalue weighted by Crippen LogP contribution is 2.49. The number of likely N-dealkylation sites (tertiary alicyclic amines) is 1. The van der Waals surface area contributed by atoms with Crippen LogP contribution in [0.15, 0.2) is 17.5 Å². The molecule has 2 heterocycles. The van der Waals surface area contributed by atoms with Crippen LogP contribution in [0.2, 0.25) is 0 Å². The molecular weight excluding hydrogens is 320 g/mol. The second kappa shape index (κ2) is 6.87. The third-order valence-corrected chi connectivity index (χ3v) is 7.13. The van der Waals surface area contributed by atoms with Gasteiger partial charge in [0, 0.05) is 29.8 Å². The molecule has 3 fully saturated rings. The van der Waals surface area contributed by atoms with Crippen molar-refractivity contribution in [3.63, 3.8) is 0 Å². The van der Waals surface area contributed by atoms with Gasteiger partial charge >= 0.3 is 0 Å². The van der Waals surface area contributed by atoms with Crippen LogP contribution in [0.5, 0.6) is 0 Å². The molecule has 1 aromatic rings. The number of nitrogens with zero attached hydrogens (tertiary/aromatic N) is 1. The van der Waals surface area contributed by atoms with Gasteiger partial charge in [-0.3, -0.25) is 9.59 Å². The molecule has 0 unspecified atom stereocenters. The van der Waals surface area contributed by atoms with Gasteiger partial charge in [0.15, 0.2) is 0 Å². The first-order valence-corrected chi connectivity index (χ1v) is 10.2. The lowest BCUT2D eigenvalue weighted by atomic mass is 9.86. The highest BCUT2D eigenvalue weighted by atomic mass is 32.1. The van der Waals surface area contributed by atoms with Gasteiger partial charge < -0.3 is 10.2 Å². The summed E-state index contributed by atoms with van der Waals surface area (Å²) < 4.78 is 0. The van der Waals surface area contributed by atoms with Crippen LogP contribution in [0.4, 0.5) is 0 Å². The van der Waals surface area contributed by atoms with Crippen molar-refractivity contribution in [3.05, 3.63) is 22.4 Å². The van der Waals surface area contributed by atoms with Crippen molar-refractivity contribution in [2.45, 2.75) is 45.1 Å². The lowest BCUT2D eigenvalue weighted by Gasteiger charge is -2.34. The highest BCUT2D eigenvalue weighted by molar-refractivity contribution is 7.09. The largest absolute Gasteiger partial charge is 0.351 e. The fourth-order valence-electron chi connectivity index (χ4n) is 4.88. The van der Waals surface area contributed by atoms with Gasteiger partial charge in [-0.1, -0.05) is 12.5 Å². The molecule has 130 valence electrons. The molecular formula is C19H26N2O2S. The summed E-state index contributed by atoms with van der Waals surface area (Å²) in [6.07, 6.45) is 6.60. The number of fused-ring (bicyclic) bond motifs is 2. The topological polar surface area (TPSA) is 49.4 Å². The molecule has 1 aromatic heterocycles. The van der Waals surface area contributed by atoms with E-state index in [1.165, 1.54) is 24.1 Å². The maximum atomic E-state index is 12.8. The van der Waals surface area contributed by atoms with Crippen LogP contribution in [-0.2, 0) is 16.1 Å². The fraction of sp³-hybridized carbons (Fsp3) is 0.684. The lowest BCUT2D eigenvalue weighted by Crippen LogP contribution is -2.45. The van der Waals surface area contributed by atoms with E-state index in [0.29, 0.717) is 18.4 Å². The van der Waals surface area contributed by atoms with E-state index in [1.54, 1.807) is 11.3 Å².